The first-order chi connectivity index (χ1) is 8.88. The number of nitrogens with one attached hydrogen (secondary N) is 1. The number of hydrogen-bond acceptors (Lipinski definition) is 1. The molecule has 1 aliphatic carbocycles. The minimum absolute atomic E-state index is 0.812. The molecule has 0 aliphatic heterocycles. The van der Waals surface area contributed by atoms with Crippen LogP contribution in [-0.4, -0.2) is 10.6 Å². The molecule has 102 valence electrons. The third kappa shape index (κ3) is 5.26. The van der Waals surface area contributed by atoms with Crippen LogP contribution >= 0.6 is 0 Å². The Hall–Kier alpha value is -0.760. The van der Waals surface area contributed by atoms with Crippen molar-refractivity contribution in [2.24, 2.45) is 0 Å². The van der Waals surface area contributed by atoms with E-state index in [0.29, 0.717) is 0 Å². The van der Waals surface area contributed by atoms with E-state index < -0.39 is 0 Å². The summed E-state index contributed by atoms with van der Waals surface area (Å²) in [5.74, 6) is 0. The molecule has 1 heterocycles. The SMILES string of the molecule is CCCCCCCCn1ccc(CNC2CC2)c1. The topological polar surface area (TPSA) is 17.0 Å². The number of nitrogens with zero attached hydrogens (tertiary/aromatic N) is 1. The van der Waals surface area contributed by atoms with Crippen molar-refractivity contribution in [2.75, 3.05) is 0 Å². The van der Waals surface area contributed by atoms with Crippen molar-refractivity contribution < 1.29 is 0 Å². The van der Waals surface area contributed by atoms with Crippen LogP contribution in [0.2, 0.25) is 0 Å². The Kier molecular flexibility index (Phi) is 5.79. The molecule has 2 rings (SSSR count). The second kappa shape index (κ2) is 7.63. The smallest absolute Gasteiger partial charge is 0.0223 e. The van der Waals surface area contributed by atoms with E-state index in [9.17, 15) is 0 Å². The highest BCUT2D eigenvalue weighted by molar-refractivity contribution is 5.10. The molecule has 2 nitrogen and oxygen atoms in total. The van der Waals surface area contributed by atoms with E-state index in [1.165, 1.54) is 63.5 Å². The van der Waals surface area contributed by atoms with Crippen LogP contribution < -0.4 is 5.32 Å². The highest BCUT2D eigenvalue weighted by atomic mass is 15.0. The van der Waals surface area contributed by atoms with Gasteiger partial charge < -0.3 is 9.88 Å². The highest BCUT2D eigenvalue weighted by Gasteiger charge is 2.19. The average molecular weight is 248 g/mol. The Morgan fingerprint density at radius 3 is 2.72 bits per heavy atom. The van der Waals surface area contributed by atoms with Gasteiger partial charge in [0.1, 0.15) is 0 Å². The molecule has 1 N–H and O–H groups in total. The molecule has 1 saturated carbocycles. The summed E-state index contributed by atoms with van der Waals surface area (Å²) >= 11 is 0. The van der Waals surface area contributed by atoms with Gasteiger partial charge in [0.15, 0.2) is 0 Å². The minimum atomic E-state index is 0.812. The van der Waals surface area contributed by atoms with Crippen LogP contribution in [0.3, 0.4) is 0 Å². The average Bonchev–Trinajstić information content (AvgIpc) is 3.11. The largest absolute Gasteiger partial charge is 0.354 e. The van der Waals surface area contributed by atoms with E-state index in [4.69, 9.17) is 0 Å². The zero-order chi connectivity index (χ0) is 12.6. The highest BCUT2D eigenvalue weighted by Crippen LogP contribution is 2.19. The Bertz CT molecular complexity index is 326. The lowest BCUT2D eigenvalue weighted by molar-refractivity contribution is 0.558. The quantitative estimate of drug-likeness (QED) is 0.617. The van der Waals surface area contributed by atoms with E-state index in [1.807, 2.05) is 0 Å². The number of hydrogen-bond donors (Lipinski definition) is 1. The Labute approximate surface area is 112 Å². The lowest BCUT2D eigenvalue weighted by atomic mass is 10.1. The molecule has 2 heteroatoms. The maximum atomic E-state index is 3.56. The third-order valence-electron chi connectivity index (χ3n) is 3.75. The molecule has 18 heavy (non-hydrogen) atoms. The molecule has 0 bridgehead atoms. The van der Waals surface area contributed by atoms with E-state index in [1.54, 1.807) is 0 Å². The van der Waals surface area contributed by atoms with Gasteiger partial charge in [-0.25, -0.2) is 0 Å². The fraction of sp³-hybridized carbons (Fsp3) is 0.750. The van der Waals surface area contributed by atoms with Crippen molar-refractivity contribution >= 4 is 0 Å². The second-order valence-electron chi connectivity index (χ2n) is 5.68. The monoisotopic (exact) mass is 248 g/mol. The van der Waals surface area contributed by atoms with E-state index >= 15 is 0 Å². The molecular weight excluding hydrogens is 220 g/mol. The van der Waals surface area contributed by atoms with Crippen LogP contribution in [0.4, 0.5) is 0 Å². The van der Waals surface area contributed by atoms with Gasteiger partial charge in [-0.2, -0.15) is 0 Å². The van der Waals surface area contributed by atoms with Crippen molar-refractivity contribution in [3.63, 3.8) is 0 Å². The Balaban J connectivity index is 1.54. The second-order valence-corrected chi connectivity index (χ2v) is 5.68. The molecule has 1 aromatic rings. The first kappa shape index (κ1) is 13.7. The van der Waals surface area contributed by atoms with Crippen LogP contribution in [-0.2, 0) is 13.1 Å². The van der Waals surface area contributed by atoms with E-state index in [0.717, 1.165) is 12.6 Å². The molecule has 0 unspecified atom stereocenters. The molecule has 0 saturated heterocycles. The van der Waals surface area contributed by atoms with Gasteiger partial charge in [0.25, 0.3) is 0 Å². The predicted molar refractivity (Wildman–Crippen MR) is 77.7 cm³/mol. The fourth-order valence-electron chi connectivity index (χ4n) is 2.36. The summed E-state index contributed by atoms with van der Waals surface area (Å²) in [6, 6.07) is 3.07. The van der Waals surface area contributed by atoms with Crippen molar-refractivity contribution in [1.29, 1.82) is 0 Å². The molecule has 0 aromatic carbocycles. The normalized spacial score (nSPS) is 15.2. The number of unbranched alkanes of at least 4 members (excludes halogenated alkanes) is 5. The van der Waals surface area contributed by atoms with Gasteiger partial charge in [-0.15, -0.1) is 0 Å². The van der Waals surface area contributed by atoms with Crippen LogP contribution in [0, 0.1) is 0 Å². The lowest BCUT2D eigenvalue weighted by Gasteiger charge is -2.03. The summed E-state index contributed by atoms with van der Waals surface area (Å²) in [4.78, 5) is 0. The standard InChI is InChI=1S/C16H28N2/c1-2-3-4-5-6-7-11-18-12-10-15(14-18)13-17-16-8-9-16/h10,12,14,16-17H,2-9,11,13H2,1H3. The van der Waals surface area contributed by atoms with Gasteiger partial charge in [0.2, 0.25) is 0 Å². The molecule has 1 aromatic heterocycles. The Morgan fingerprint density at radius 1 is 1.17 bits per heavy atom. The molecule has 0 spiro atoms. The number of aryl methyl sites for hydroxylation is 1. The molecule has 1 aliphatic rings. The zero-order valence-electron chi connectivity index (χ0n) is 11.8. The van der Waals surface area contributed by atoms with Gasteiger partial charge in [0, 0.05) is 31.5 Å². The minimum Gasteiger partial charge on any atom is -0.354 e. The maximum Gasteiger partial charge on any atom is 0.0223 e. The van der Waals surface area contributed by atoms with Gasteiger partial charge in [-0.05, 0) is 30.9 Å². The zero-order valence-corrected chi connectivity index (χ0v) is 11.8. The fourth-order valence-corrected chi connectivity index (χ4v) is 2.36. The summed E-state index contributed by atoms with van der Waals surface area (Å²) in [5.41, 5.74) is 1.44. The predicted octanol–water partition coefficient (Wildman–Crippen LogP) is 4.10. The van der Waals surface area contributed by atoms with E-state index in [2.05, 4.69) is 35.3 Å². The van der Waals surface area contributed by atoms with Gasteiger partial charge in [-0.3, -0.25) is 0 Å². The third-order valence-corrected chi connectivity index (χ3v) is 3.75. The Morgan fingerprint density at radius 2 is 1.94 bits per heavy atom. The van der Waals surface area contributed by atoms with Crippen molar-refractivity contribution in [3.05, 3.63) is 24.0 Å². The lowest BCUT2D eigenvalue weighted by Crippen LogP contribution is -2.14. The van der Waals surface area contributed by atoms with Crippen LogP contribution in [0.25, 0.3) is 0 Å². The van der Waals surface area contributed by atoms with Crippen LogP contribution in [0.5, 0.6) is 0 Å². The summed E-state index contributed by atoms with van der Waals surface area (Å²) < 4.78 is 2.35. The van der Waals surface area contributed by atoms with E-state index in [-0.39, 0.29) is 0 Å². The molecule has 0 atom stereocenters. The van der Waals surface area contributed by atoms with Gasteiger partial charge in [-0.1, -0.05) is 39.0 Å². The van der Waals surface area contributed by atoms with Gasteiger partial charge in [0.05, 0.1) is 0 Å². The first-order valence-corrected chi connectivity index (χ1v) is 7.76. The van der Waals surface area contributed by atoms with Crippen LogP contribution in [0.1, 0.15) is 63.9 Å². The summed E-state index contributed by atoms with van der Waals surface area (Å²) in [6.45, 7) is 4.51. The number of rotatable bonds is 10. The molecular formula is C16H28N2. The van der Waals surface area contributed by atoms with Gasteiger partial charge >= 0.3 is 0 Å². The molecule has 0 amide bonds. The first-order valence-electron chi connectivity index (χ1n) is 7.76. The van der Waals surface area contributed by atoms with Crippen molar-refractivity contribution in [2.45, 2.75) is 77.4 Å². The summed E-state index contributed by atoms with van der Waals surface area (Å²) in [7, 11) is 0. The summed E-state index contributed by atoms with van der Waals surface area (Å²) in [6.07, 6.45) is 15.6. The van der Waals surface area contributed by atoms with Crippen LogP contribution in [0.15, 0.2) is 18.5 Å². The molecule has 0 radical (unpaired) electrons. The number of aromatic nitrogens is 1. The molecule has 1 fully saturated rings. The summed E-state index contributed by atoms with van der Waals surface area (Å²) in [5, 5.41) is 3.56. The van der Waals surface area contributed by atoms with Crippen molar-refractivity contribution in [3.8, 4) is 0 Å². The van der Waals surface area contributed by atoms with Crippen molar-refractivity contribution in [1.82, 2.24) is 9.88 Å². The maximum absolute atomic E-state index is 3.56.